The normalized spacial score (nSPS) is 26.2. The van der Waals surface area contributed by atoms with Gasteiger partial charge in [0.15, 0.2) is 5.69 Å². The van der Waals surface area contributed by atoms with Crippen LogP contribution in [0.5, 0.6) is 0 Å². The number of rotatable bonds is 2. The SMILES string of the molecule is O=C(c1noc2c1CCCCC2)N1CCC[C@H]1C1CCCC1. The van der Waals surface area contributed by atoms with Crippen molar-refractivity contribution in [1.29, 1.82) is 0 Å². The van der Waals surface area contributed by atoms with E-state index in [2.05, 4.69) is 10.1 Å². The van der Waals surface area contributed by atoms with Crippen LogP contribution in [0.1, 0.15) is 79.6 Å². The van der Waals surface area contributed by atoms with Crippen LogP contribution in [-0.2, 0) is 12.8 Å². The topological polar surface area (TPSA) is 46.3 Å². The lowest BCUT2D eigenvalue weighted by molar-refractivity contribution is 0.0677. The van der Waals surface area contributed by atoms with Gasteiger partial charge in [0.2, 0.25) is 0 Å². The average Bonchev–Trinajstić information content (AvgIpc) is 3.24. The Morgan fingerprint density at radius 3 is 2.68 bits per heavy atom. The molecule has 0 unspecified atom stereocenters. The van der Waals surface area contributed by atoms with Crippen molar-refractivity contribution < 1.29 is 9.32 Å². The van der Waals surface area contributed by atoms with Gasteiger partial charge in [0.05, 0.1) is 0 Å². The lowest BCUT2D eigenvalue weighted by Crippen LogP contribution is -2.40. The van der Waals surface area contributed by atoms with Crippen molar-refractivity contribution in [3.05, 3.63) is 17.0 Å². The molecular weight excluding hydrogens is 276 g/mol. The van der Waals surface area contributed by atoms with E-state index in [-0.39, 0.29) is 5.91 Å². The third kappa shape index (κ3) is 2.46. The third-order valence-electron chi connectivity index (χ3n) is 5.91. The van der Waals surface area contributed by atoms with Gasteiger partial charge in [-0.1, -0.05) is 24.4 Å². The van der Waals surface area contributed by atoms with Crippen molar-refractivity contribution in [2.75, 3.05) is 6.54 Å². The van der Waals surface area contributed by atoms with Gasteiger partial charge in [-0.15, -0.1) is 0 Å². The molecule has 1 aromatic rings. The van der Waals surface area contributed by atoms with E-state index in [1.165, 1.54) is 38.5 Å². The summed E-state index contributed by atoms with van der Waals surface area (Å²) in [5.74, 6) is 1.83. The van der Waals surface area contributed by atoms with Crippen molar-refractivity contribution in [2.24, 2.45) is 5.92 Å². The zero-order valence-corrected chi connectivity index (χ0v) is 13.4. The van der Waals surface area contributed by atoms with Gasteiger partial charge in [-0.2, -0.15) is 0 Å². The molecule has 4 heteroatoms. The second-order valence-corrected chi connectivity index (χ2v) is 7.25. The molecule has 22 heavy (non-hydrogen) atoms. The highest BCUT2D eigenvalue weighted by Crippen LogP contribution is 2.36. The molecule has 0 N–H and O–H groups in total. The molecule has 2 heterocycles. The first-order valence-electron chi connectivity index (χ1n) is 9.13. The maximum atomic E-state index is 13.1. The Morgan fingerprint density at radius 1 is 1.00 bits per heavy atom. The van der Waals surface area contributed by atoms with E-state index >= 15 is 0 Å². The van der Waals surface area contributed by atoms with Crippen LogP contribution >= 0.6 is 0 Å². The van der Waals surface area contributed by atoms with Gasteiger partial charge in [-0.3, -0.25) is 4.79 Å². The average molecular weight is 302 g/mol. The Kier molecular flexibility index (Phi) is 3.93. The summed E-state index contributed by atoms with van der Waals surface area (Å²) >= 11 is 0. The van der Waals surface area contributed by atoms with Crippen LogP contribution in [-0.4, -0.2) is 28.6 Å². The Labute approximate surface area is 132 Å². The van der Waals surface area contributed by atoms with Crippen LogP contribution in [0.25, 0.3) is 0 Å². The van der Waals surface area contributed by atoms with Gasteiger partial charge < -0.3 is 9.42 Å². The molecule has 0 radical (unpaired) electrons. The summed E-state index contributed by atoms with van der Waals surface area (Å²) in [6, 6.07) is 0.452. The molecule has 1 atom stereocenters. The number of hydrogen-bond donors (Lipinski definition) is 0. The lowest BCUT2D eigenvalue weighted by atomic mass is 9.95. The van der Waals surface area contributed by atoms with Crippen LogP contribution in [0.4, 0.5) is 0 Å². The van der Waals surface area contributed by atoms with Crippen LogP contribution in [0.3, 0.4) is 0 Å². The van der Waals surface area contributed by atoms with Gasteiger partial charge in [0.1, 0.15) is 5.76 Å². The number of carbonyl (C=O) groups is 1. The van der Waals surface area contributed by atoms with Crippen LogP contribution in [0.15, 0.2) is 4.52 Å². The van der Waals surface area contributed by atoms with Crippen molar-refractivity contribution in [2.45, 2.75) is 76.7 Å². The fourth-order valence-corrected chi connectivity index (χ4v) is 4.74. The van der Waals surface area contributed by atoms with Crippen LogP contribution in [0, 0.1) is 5.92 Å². The van der Waals surface area contributed by atoms with Gasteiger partial charge >= 0.3 is 0 Å². The van der Waals surface area contributed by atoms with E-state index in [0.717, 1.165) is 55.9 Å². The van der Waals surface area contributed by atoms with E-state index in [0.29, 0.717) is 11.7 Å². The maximum Gasteiger partial charge on any atom is 0.276 e. The summed E-state index contributed by atoms with van der Waals surface area (Å²) in [5.41, 5.74) is 1.74. The second-order valence-electron chi connectivity index (χ2n) is 7.25. The highest BCUT2D eigenvalue weighted by molar-refractivity contribution is 5.94. The molecule has 4 nitrogen and oxygen atoms in total. The fourth-order valence-electron chi connectivity index (χ4n) is 4.74. The van der Waals surface area contributed by atoms with Crippen LogP contribution < -0.4 is 0 Å². The number of nitrogens with zero attached hydrogens (tertiary/aromatic N) is 2. The molecule has 1 saturated heterocycles. The molecule has 0 aromatic carbocycles. The minimum atomic E-state index is 0.140. The summed E-state index contributed by atoms with van der Waals surface area (Å²) in [4.78, 5) is 15.2. The van der Waals surface area contributed by atoms with E-state index in [4.69, 9.17) is 4.52 Å². The molecule has 0 spiro atoms. The van der Waals surface area contributed by atoms with E-state index in [1.807, 2.05) is 0 Å². The zero-order valence-electron chi connectivity index (χ0n) is 13.4. The molecular formula is C18H26N2O2. The predicted molar refractivity (Wildman–Crippen MR) is 83.8 cm³/mol. The van der Waals surface area contributed by atoms with Crippen molar-refractivity contribution in [3.63, 3.8) is 0 Å². The van der Waals surface area contributed by atoms with Gasteiger partial charge in [0.25, 0.3) is 5.91 Å². The summed E-state index contributed by atoms with van der Waals surface area (Å²) in [7, 11) is 0. The number of aryl methyl sites for hydroxylation is 1. The maximum absolute atomic E-state index is 13.1. The first-order chi connectivity index (χ1) is 10.8. The first kappa shape index (κ1) is 14.3. The Bertz CT molecular complexity index is 545. The second kappa shape index (κ2) is 6.05. The standard InChI is InChI=1S/C18H26N2O2/c21-18(17-14-9-2-1-3-11-16(14)22-19-17)20-12-6-10-15(20)13-7-4-5-8-13/h13,15H,1-12H2/t15-/m0/s1. The smallest absolute Gasteiger partial charge is 0.276 e. The third-order valence-corrected chi connectivity index (χ3v) is 5.91. The first-order valence-corrected chi connectivity index (χ1v) is 9.13. The predicted octanol–water partition coefficient (Wildman–Crippen LogP) is 3.74. The number of carbonyl (C=O) groups excluding carboxylic acids is 1. The molecule has 2 fully saturated rings. The quantitative estimate of drug-likeness (QED) is 0.782. The number of aromatic nitrogens is 1. The van der Waals surface area contributed by atoms with E-state index in [1.54, 1.807) is 0 Å². The Balaban J connectivity index is 1.57. The van der Waals surface area contributed by atoms with Gasteiger partial charge in [-0.05, 0) is 50.9 Å². The Morgan fingerprint density at radius 2 is 1.82 bits per heavy atom. The molecule has 2 aliphatic carbocycles. The monoisotopic (exact) mass is 302 g/mol. The van der Waals surface area contributed by atoms with Gasteiger partial charge in [-0.25, -0.2) is 0 Å². The Hall–Kier alpha value is -1.32. The molecule has 1 aromatic heterocycles. The summed E-state index contributed by atoms with van der Waals surface area (Å²) in [5, 5.41) is 4.18. The molecule has 3 aliphatic rings. The summed E-state index contributed by atoms with van der Waals surface area (Å²) in [6.45, 7) is 0.904. The lowest BCUT2D eigenvalue weighted by Gasteiger charge is -2.29. The largest absolute Gasteiger partial charge is 0.360 e. The number of hydrogen-bond acceptors (Lipinski definition) is 3. The molecule has 0 bridgehead atoms. The van der Waals surface area contributed by atoms with Crippen molar-refractivity contribution in [3.8, 4) is 0 Å². The molecule has 1 saturated carbocycles. The number of fused-ring (bicyclic) bond motifs is 1. The van der Waals surface area contributed by atoms with E-state index in [9.17, 15) is 4.79 Å². The minimum Gasteiger partial charge on any atom is -0.360 e. The molecule has 120 valence electrons. The molecule has 4 rings (SSSR count). The van der Waals surface area contributed by atoms with Gasteiger partial charge in [0, 0.05) is 24.6 Å². The van der Waals surface area contributed by atoms with Crippen LogP contribution in [0.2, 0.25) is 0 Å². The van der Waals surface area contributed by atoms with Crippen molar-refractivity contribution in [1.82, 2.24) is 10.1 Å². The summed E-state index contributed by atoms with van der Waals surface area (Å²) in [6.07, 6.45) is 13.0. The molecule has 1 amide bonds. The minimum absolute atomic E-state index is 0.140. The summed E-state index contributed by atoms with van der Waals surface area (Å²) < 4.78 is 5.51. The fraction of sp³-hybridized carbons (Fsp3) is 0.778. The zero-order chi connectivity index (χ0) is 14.9. The molecule has 1 aliphatic heterocycles. The number of likely N-dealkylation sites (tertiary alicyclic amines) is 1. The highest BCUT2D eigenvalue weighted by Gasteiger charge is 2.38. The number of amides is 1. The highest BCUT2D eigenvalue weighted by atomic mass is 16.5. The van der Waals surface area contributed by atoms with E-state index < -0.39 is 0 Å². The van der Waals surface area contributed by atoms with Crippen molar-refractivity contribution >= 4 is 5.91 Å².